The van der Waals surface area contributed by atoms with Crippen LogP contribution in [0.1, 0.15) is 5.56 Å². The second kappa shape index (κ2) is 5.51. The largest absolute Gasteiger partial charge is 0.384 e. The van der Waals surface area contributed by atoms with Gasteiger partial charge in [-0.3, -0.25) is 0 Å². The van der Waals surface area contributed by atoms with Gasteiger partial charge in [0.25, 0.3) is 0 Å². The number of para-hydroxylation sites is 1. The lowest BCUT2D eigenvalue weighted by Gasteiger charge is -2.09. The summed E-state index contributed by atoms with van der Waals surface area (Å²) in [5.74, 6) is 0. The summed E-state index contributed by atoms with van der Waals surface area (Å²) >= 11 is 1.65. The summed E-state index contributed by atoms with van der Waals surface area (Å²) in [4.78, 5) is 0.135. The van der Waals surface area contributed by atoms with Gasteiger partial charge in [-0.1, -0.05) is 12.1 Å². The van der Waals surface area contributed by atoms with Gasteiger partial charge in [0.1, 0.15) is 4.90 Å². The second-order valence-electron chi connectivity index (χ2n) is 3.85. The first-order chi connectivity index (χ1) is 8.57. The highest BCUT2D eigenvalue weighted by Crippen LogP contribution is 2.19. The third-order valence-electron chi connectivity index (χ3n) is 2.50. The normalized spacial score (nSPS) is 11.4. The first-order valence-corrected chi connectivity index (χ1v) is 7.93. The second-order valence-corrected chi connectivity index (χ2v) is 6.16. The smallest absolute Gasteiger partial charge is 0.240 e. The van der Waals surface area contributed by atoms with Crippen LogP contribution in [0.15, 0.2) is 46.0 Å². The molecule has 0 fully saturated rings. The van der Waals surface area contributed by atoms with E-state index in [9.17, 15) is 8.42 Å². The summed E-state index contributed by atoms with van der Waals surface area (Å²) in [6.07, 6.45) is 0.850. The molecule has 1 heterocycles. The zero-order valence-corrected chi connectivity index (χ0v) is 11.3. The number of primary sulfonamides is 1. The predicted molar refractivity (Wildman–Crippen MR) is 74.3 cm³/mol. The number of sulfonamides is 1. The van der Waals surface area contributed by atoms with E-state index in [4.69, 9.17) is 5.14 Å². The molecular formula is C12H14N2O2S2. The number of benzene rings is 1. The zero-order valence-electron chi connectivity index (χ0n) is 9.67. The van der Waals surface area contributed by atoms with Gasteiger partial charge >= 0.3 is 0 Å². The van der Waals surface area contributed by atoms with Crippen molar-refractivity contribution in [3.63, 3.8) is 0 Å². The van der Waals surface area contributed by atoms with Crippen molar-refractivity contribution >= 4 is 27.0 Å². The molecule has 1 aromatic heterocycles. The Labute approximate surface area is 111 Å². The van der Waals surface area contributed by atoms with E-state index in [0.29, 0.717) is 12.2 Å². The van der Waals surface area contributed by atoms with E-state index >= 15 is 0 Å². The summed E-state index contributed by atoms with van der Waals surface area (Å²) < 4.78 is 22.8. The number of hydrogen-bond acceptors (Lipinski definition) is 4. The maximum absolute atomic E-state index is 11.4. The average molecular weight is 282 g/mol. The minimum absolute atomic E-state index is 0.135. The van der Waals surface area contributed by atoms with Crippen LogP contribution < -0.4 is 10.5 Å². The number of nitrogens with one attached hydrogen (secondary N) is 1. The van der Waals surface area contributed by atoms with Crippen LogP contribution in [0.4, 0.5) is 5.69 Å². The highest BCUT2D eigenvalue weighted by atomic mass is 32.2. The van der Waals surface area contributed by atoms with Gasteiger partial charge in [-0.2, -0.15) is 11.3 Å². The zero-order chi connectivity index (χ0) is 13.0. The van der Waals surface area contributed by atoms with Crippen LogP contribution in [-0.2, 0) is 16.4 Å². The molecule has 2 rings (SSSR count). The number of anilines is 1. The molecule has 0 aliphatic carbocycles. The summed E-state index contributed by atoms with van der Waals surface area (Å²) in [6, 6.07) is 8.71. The summed E-state index contributed by atoms with van der Waals surface area (Å²) in [7, 11) is -3.68. The summed E-state index contributed by atoms with van der Waals surface area (Å²) in [5, 5.41) is 12.4. The molecule has 0 unspecified atom stereocenters. The molecule has 0 bridgehead atoms. The first kappa shape index (κ1) is 13.1. The van der Waals surface area contributed by atoms with Gasteiger partial charge in [0, 0.05) is 6.54 Å². The maximum Gasteiger partial charge on any atom is 0.240 e. The Bertz CT molecular complexity index is 607. The molecule has 0 radical (unpaired) electrons. The van der Waals surface area contributed by atoms with Crippen molar-refractivity contribution in [1.29, 1.82) is 0 Å². The molecule has 0 saturated carbocycles. The lowest BCUT2D eigenvalue weighted by Crippen LogP contribution is -2.15. The monoisotopic (exact) mass is 282 g/mol. The van der Waals surface area contributed by atoms with Gasteiger partial charge in [-0.05, 0) is 40.9 Å². The average Bonchev–Trinajstić information content (AvgIpc) is 2.81. The minimum Gasteiger partial charge on any atom is -0.384 e. The van der Waals surface area contributed by atoms with Crippen LogP contribution in [0.5, 0.6) is 0 Å². The molecule has 1 aromatic carbocycles. The summed E-state index contributed by atoms with van der Waals surface area (Å²) in [5.41, 5.74) is 1.79. The number of rotatable bonds is 5. The fraction of sp³-hybridized carbons (Fsp3) is 0.167. The van der Waals surface area contributed by atoms with Crippen LogP contribution in [0.2, 0.25) is 0 Å². The lowest BCUT2D eigenvalue weighted by atomic mass is 10.2. The van der Waals surface area contributed by atoms with Crippen molar-refractivity contribution in [1.82, 2.24) is 0 Å². The van der Waals surface area contributed by atoms with Crippen molar-refractivity contribution < 1.29 is 8.42 Å². The van der Waals surface area contributed by atoms with E-state index < -0.39 is 10.0 Å². The first-order valence-electron chi connectivity index (χ1n) is 5.44. The van der Waals surface area contributed by atoms with E-state index in [1.54, 1.807) is 29.5 Å². The predicted octanol–water partition coefficient (Wildman–Crippen LogP) is 2.05. The van der Waals surface area contributed by atoms with Crippen LogP contribution in [-0.4, -0.2) is 15.0 Å². The Morgan fingerprint density at radius 1 is 1.22 bits per heavy atom. The van der Waals surface area contributed by atoms with Gasteiger partial charge < -0.3 is 5.32 Å². The molecule has 0 amide bonds. The maximum atomic E-state index is 11.4. The number of nitrogens with two attached hydrogens (primary N) is 1. The Kier molecular flexibility index (Phi) is 4.00. The van der Waals surface area contributed by atoms with Gasteiger partial charge in [0.2, 0.25) is 10.0 Å². The van der Waals surface area contributed by atoms with Crippen LogP contribution >= 0.6 is 11.3 Å². The van der Waals surface area contributed by atoms with Crippen molar-refractivity contribution in [2.75, 3.05) is 11.9 Å². The molecule has 18 heavy (non-hydrogen) atoms. The molecule has 2 aromatic rings. The van der Waals surface area contributed by atoms with E-state index in [1.807, 2.05) is 5.38 Å². The van der Waals surface area contributed by atoms with Gasteiger partial charge in [-0.25, -0.2) is 13.6 Å². The highest BCUT2D eigenvalue weighted by molar-refractivity contribution is 7.89. The minimum atomic E-state index is -3.68. The lowest BCUT2D eigenvalue weighted by molar-refractivity contribution is 0.598. The van der Waals surface area contributed by atoms with E-state index in [1.165, 1.54) is 11.6 Å². The van der Waals surface area contributed by atoms with Crippen molar-refractivity contribution in [2.45, 2.75) is 11.3 Å². The van der Waals surface area contributed by atoms with E-state index in [0.717, 1.165) is 6.42 Å². The Hall–Kier alpha value is -1.37. The molecule has 0 aliphatic rings. The fourth-order valence-electron chi connectivity index (χ4n) is 1.64. The molecule has 4 nitrogen and oxygen atoms in total. The van der Waals surface area contributed by atoms with Crippen LogP contribution in [0, 0.1) is 0 Å². The Balaban J connectivity index is 2.06. The molecule has 96 valence electrons. The van der Waals surface area contributed by atoms with Crippen LogP contribution in [0.25, 0.3) is 0 Å². The van der Waals surface area contributed by atoms with Gasteiger partial charge in [0.05, 0.1) is 5.69 Å². The molecule has 0 aliphatic heterocycles. The molecule has 0 saturated heterocycles. The topological polar surface area (TPSA) is 72.2 Å². The molecule has 3 N–H and O–H groups in total. The van der Waals surface area contributed by atoms with Crippen molar-refractivity contribution in [3.8, 4) is 0 Å². The van der Waals surface area contributed by atoms with Gasteiger partial charge in [-0.15, -0.1) is 0 Å². The van der Waals surface area contributed by atoms with Crippen molar-refractivity contribution in [3.05, 3.63) is 46.7 Å². The fourth-order valence-corrected chi connectivity index (χ4v) is 3.06. The molecular weight excluding hydrogens is 268 g/mol. The van der Waals surface area contributed by atoms with Crippen LogP contribution in [0.3, 0.4) is 0 Å². The Morgan fingerprint density at radius 2 is 2.00 bits per heavy atom. The standard InChI is InChI=1S/C12H14N2O2S2/c13-18(15,16)12-4-2-1-3-11(12)14-7-5-10-6-8-17-9-10/h1-4,6,8-9,14H,5,7H2,(H2,13,15,16). The Morgan fingerprint density at radius 3 is 2.67 bits per heavy atom. The molecule has 6 heteroatoms. The van der Waals surface area contributed by atoms with E-state index in [2.05, 4.69) is 16.8 Å². The SMILES string of the molecule is NS(=O)(=O)c1ccccc1NCCc1ccsc1. The highest BCUT2D eigenvalue weighted by Gasteiger charge is 2.12. The summed E-state index contributed by atoms with van der Waals surface area (Å²) in [6.45, 7) is 0.670. The third-order valence-corrected chi connectivity index (χ3v) is 4.20. The number of hydrogen-bond donors (Lipinski definition) is 2. The van der Waals surface area contributed by atoms with Gasteiger partial charge in [0.15, 0.2) is 0 Å². The molecule has 0 spiro atoms. The molecule has 0 atom stereocenters. The van der Waals surface area contributed by atoms with E-state index in [-0.39, 0.29) is 4.90 Å². The number of thiophene rings is 1. The quantitative estimate of drug-likeness (QED) is 0.881. The van der Waals surface area contributed by atoms with Crippen molar-refractivity contribution in [2.24, 2.45) is 5.14 Å². The third kappa shape index (κ3) is 3.32.